The number of nitrogens with two attached hydrogens (primary N) is 1. The highest BCUT2D eigenvalue weighted by molar-refractivity contribution is 7.11. The normalized spacial score (nSPS) is 16.5. The number of rotatable bonds is 0. The number of fused-ring (bicyclic) bond motifs is 2. The molecule has 1 aliphatic heterocycles. The van der Waals surface area contributed by atoms with E-state index in [1.807, 2.05) is 0 Å². The number of nitrogens with zero attached hydrogens (tertiary/aromatic N) is 1. The molecular formula is C14H16N2S. The van der Waals surface area contributed by atoms with Crippen molar-refractivity contribution in [1.82, 2.24) is 0 Å². The lowest BCUT2D eigenvalue weighted by molar-refractivity contribution is 0.645. The van der Waals surface area contributed by atoms with Crippen molar-refractivity contribution >= 4 is 28.4 Å². The molecule has 1 aromatic heterocycles. The highest BCUT2D eigenvalue weighted by atomic mass is 32.1. The average molecular weight is 244 g/mol. The average Bonchev–Trinajstić information content (AvgIpc) is 2.70. The highest BCUT2D eigenvalue weighted by Gasteiger charge is 2.37. The summed E-state index contributed by atoms with van der Waals surface area (Å²) in [6.07, 6.45) is 0. The lowest BCUT2D eigenvalue weighted by Crippen LogP contribution is -2.29. The van der Waals surface area contributed by atoms with Crippen LogP contribution in [0.15, 0.2) is 29.6 Å². The summed E-state index contributed by atoms with van der Waals surface area (Å²) in [6.45, 7) is 4.54. The number of anilines is 3. The SMILES string of the molecule is CN1c2ccccc2C(C)(C)c2scc(N)c21. The summed E-state index contributed by atoms with van der Waals surface area (Å²) in [7, 11) is 2.09. The standard InChI is InChI=1S/C14H16N2S/c1-14(2)9-6-4-5-7-11(9)16(3)12-10(15)8-17-13(12)14/h4-8H,15H2,1-3H3. The Hall–Kier alpha value is -1.48. The zero-order valence-electron chi connectivity index (χ0n) is 10.3. The van der Waals surface area contributed by atoms with Gasteiger partial charge in [0.25, 0.3) is 0 Å². The molecule has 0 saturated heterocycles. The summed E-state index contributed by atoms with van der Waals surface area (Å²) in [5.41, 5.74) is 10.8. The van der Waals surface area contributed by atoms with Gasteiger partial charge in [-0.05, 0) is 11.6 Å². The second-order valence-electron chi connectivity index (χ2n) is 5.07. The fraction of sp³-hybridized carbons (Fsp3) is 0.286. The molecule has 0 unspecified atom stereocenters. The predicted octanol–water partition coefficient (Wildman–Crippen LogP) is 3.74. The molecule has 0 fully saturated rings. The third-order valence-electron chi connectivity index (χ3n) is 3.63. The van der Waals surface area contributed by atoms with Crippen molar-refractivity contribution in [2.24, 2.45) is 0 Å². The maximum atomic E-state index is 6.10. The smallest absolute Gasteiger partial charge is 0.0792 e. The molecule has 2 heterocycles. The van der Waals surface area contributed by atoms with Gasteiger partial charge in [0.1, 0.15) is 0 Å². The third kappa shape index (κ3) is 1.26. The Morgan fingerprint density at radius 2 is 1.94 bits per heavy atom. The van der Waals surface area contributed by atoms with Gasteiger partial charge < -0.3 is 10.6 Å². The minimum absolute atomic E-state index is 0.0424. The molecule has 0 atom stereocenters. The summed E-state index contributed by atoms with van der Waals surface area (Å²) in [5, 5.41) is 2.05. The summed E-state index contributed by atoms with van der Waals surface area (Å²) < 4.78 is 0. The van der Waals surface area contributed by atoms with E-state index in [1.54, 1.807) is 11.3 Å². The first-order chi connectivity index (χ1) is 8.03. The van der Waals surface area contributed by atoms with Gasteiger partial charge in [-0.15, -0.1) is 11.3 Å². The Morgan fingerprint density at radius 3 is 2.71 bits per heavy atom. The van der Waals surface area contributed by atoms with Crippen molar-refractivity contribution in [2.75, 3.05) is 17.7 Å². The number of para-hydroxylation sites is 1. The molecule has 88 valence electrons. The van der Waals surface area contributed by atoms with Crippen LogP contribution in [0.25, 0.3) is 0 Å². The fourth-order valence-corrected chi connectivity index (χ4v) is 3.82. The van der Waals surface area contributed by atoms with Crippen molar-refractivity contribution < 1.29 is 0 Å². The van der Waals surface area contributed by atoms with Crippen LogP contribution in [-0.2, 0) is 5.41 Å². The molecule has 0 amide bonds. The molecule has 0 bridgehead atoms. The van der Waals surface area contributed by atoms with E-state index in [2.05, 4.69) is 55.4 Å². The minimum atomic E-state index is 0.0424. The number of nitrogen functional groups attached to an aromatic ring is 1. The van der Waals surface area contributed by atoms with E-state index in [9.17, 15) is 0 Å². The van der Waals surface area contributed by atoms with Gasteiger partial charge >= 0.3 is 0 Å². The van der Waals surface area contributed by atoms with Crippen LogP contribution in [0.5, 0.6) is 0 Å². The van der Waals surface area contributed by atoms with Crippen LogP contribution in [0.1, 0.15) is 24.3 Å². The van der Waals surface area contributed by atoms with Crippen LogP contribution in [0.2, 0.25) is 0 Å². The lowest BCUT2D eigenvalue weighted by atomic mass is 9.78. The molecule has 1 aliphatic rings. The maximum Gasteiger partial charge on any atom is 0.0792 e. The summed E-state index contributed by atoms with van der Waals surface area (Å²) in [5.74, 6) is 0. The Labute approximate surface area is 106 Å². The van der Waals surface area contributed by atoms with Crippen molar-refractivity contribution in [3.8, 4) is 0 Å². The van der Waals surface area contributed by atoms with Gasteiger partial charge in [-0.3, -0.25) is 0 Å². The van der Waals surface area contributed by atoms with E-state index in [-0.39, 0.29) is 5.41 Å². The summed E-state index contributed by atoms with van der Waals surface area (Å²) in [6, 6.07) is 8.57. The van der Waals surface area contributed by atoms with Gasteiger partial charge in [0.15, 0.2) is 0 Å². The monoisotopic (exact) mass is 244 g/mol. The Morgan fingerprint density at radius 1 is 1.24 bits per heavy atom. The molecule has 1 aromatic carbocycles. The molecule has 0 aliphatic carbocycles. The van der Waals surface area contributed by atoms with Crippen LogP contribution in [-0.4, -0.2) is 7.05 Å². The zero-order chi connectivity index (χ0) is 12.2. The predicted molar refractivity (Wildman–Crippen MR) is 75.4 cm³/mol. The molecule has 3 rings (SSSR count). The summed E-state index contributed by atoms with van der Waals surface area (Å²) >= 11 is 1.76. The van der Waals surface area contributed by atoms with Gasteiger partial charge in [0.2, 0.25) is 0 Å². The van der Waals surface area contributed by atoms with Gasteiger partial charge in [-0.1, -0.05) is 32.0 Å². The molecule has 3 heteroatoms. The van der Waals surface area contributed by atoms with Crippen molar-refractivity contribution in [1.29, 1.82) is 0 Å². The van der Waals surface area contributed by atoms with Gasteiger partial charge in [0.05, 0.1) is 11.4 Å². The van der Waals surface area contributed by atoms with Crippen LogP contribution in [0.4, 0.5) is 17.1 Å². The van der Waals surface area contributed by atoms with Crippen LogP contribution >= 0.6 is 11.3 Å². The first-order valence-electron chi connectivity index (χ1n) is 5.74. The topological polar surface area (TPSA) is 29.3 Å². The fourth-order valence-electron chi connectivity index (χ4n) is 2.69. The van der Waals surface area contributed by atoms with E-state index >= 15 is 0 Å². The van der Waals surface area contributed by atoms with E-state index < -0.39 is 0 Å². The lowest BCUT2D eigenvalue weighted by Gasteiger charge is -2.38. The second kappa shape index (κ2) is 3.26. The Balaban J connectivity index is 2.35. The van der Waals surface area contributed by atoms with Gasteiger partial charge in [-0.2, -0.15) is 0 Å². The quantitative estimate of drug-likeness (QED) is 0.765. The number of hydrogen-bond acceptors (Lipinski definition) is 3. The first-order valence-corrected chi connectivity index (χ1v) is 6.62. The molecule has 2 N–H and O–H groups in total. The molecular weight excluding hydrogens is 228 g/mol. The molecule has 0 radical (unpaired) electrons. The van der Waals surface area contributed by atoms with Gasteiger partial charge in [0, 0.05) is 28.4 Å². The molecule has 0 spiro atoms. The third-order valence-corrected chi connectivity index (χ3v) is 4.95. The van der Waals surface area contributed by atoms with Crippen LogP contribution in [0.3, 0.4) is 0 Å². The van der Waals surface area contributed by atoms with Crippen molar-refractivity contribution in [2.45, 2.75) is 19.3 Å². The van der Waals surface area contributed by atoms with E-state index in [0.29, 0.717) is 0 Å². The van der Waals surface area contributed by atoms with Crippen molar-refractivity contribution in [3.05, 3.63) is 40.1 Å². The minimum Gasteiger partial charge on any atom is -0.396 e. The molecule has 17 heavy (non-hydrogen) atoms. The van der Waals surface area contributed by atoms with Gasteiger partial charge in [-0.25, -0.2) is 0 Å². The van der Waals surface area contributed by atoms with E-state index in [1.165, 1.54) is 21.8 Å². The second-order valence-corrected chi connectivity index (χ2v) is 5.95. The Kier molecular flexibility index (Phi) is 2.05. The zero-order valence-corrected chi connectivity index (χ0v) is 11.1. The van der Waals surface area contributed by atoms with Crippen LogP contribution in [0, 0.1) is 0 Å². The molecule has 0 saturated carbocycles. The Bertz CT molecular complexity index is 584. The number of thiophene rings is 1. The van der Waals surface area contributed by atoms with Crippen LogP contribution < -0.4 is 10.6 Å². The number of benzene rings is 1. The molecule has 2 aromatic rings. The van der Waals surface area contributed by atoms with E-state index in [4.69, 9.17) is 5.73 Å². The largest absolute Gasteiger partial charge is 0.396 e. The first kappa shape index (κ1) is 10.7. The van der Waals surface area contributed by atoms with E-state index in [0.717, 1.165) is 5.69 Å². The maximum absolute atomic E-state index is 6.10. The molecule has 2 nitrogen and oxygen atoms in total. The number of hydrogen-bond donors (Lipinski definition) is 1. The summed E-state index contributed by atoms with van der Waals surface area (Å²) in [4.78, 5) is 3.57. The van der Waals surface area contributed by atoms with Crippen molar-refractivity contribution in [3.63, 3.8) is 0 Å². The highest BCUT2D eigenvalue weighted by Crippen LogP contribution is 2.52.